The minimum Gasteiger partial charge on any atom is -0.0689 e. The monoisotopic (exact) mass is 308 g/mol. The lowest BCUT2D eigenvalue weighted by molar-refractivity contribution is 0.244. The van der Waals surface area contributed by atoms with Gasteiger partial charge in [0.15, 0.2) is 0 Å². The maximum absolute atomic E-state index is 2.73. The van der Waals surface area contributed by atoms with Crippen LogP contribution in [0.2, 0.25) is 24.2 Å². The van der Waals surface area contributed by atoms with Crippen LogP contribution in [0.15, 0.2) is 0 Å². The van der Waals surface area contributed by atoms with Gasteiger partial charge in [-0.3, -0.25) is 0 Å². The van der Waals surface area contributed by atoms with Crippen molar-refractivity contribution in [3.05, 3.63) is 0 Å². The van der Waals surface area contributed by atoms with Crippen molar-refractivity contribution in [2.45, 2.75) is 104 Å². The Bertz CT molecular complexity index is 321. The molecule has 0 saturated heterocycles. The van der Waals surface area contributed by atoms with E-state index in [4.69, 9.17) is 0 Å². The summed E-state index contributed by atoms with van der Waals surface area (Å²) >= 11 is 0. The fourth-order valence-electron chi connectivity index (χ4n) is 5.22. The van der Waals surface area contributed by atoms with Gasteiger partial charge in [-0.25, -0.2) is 0 Å². The van der Waals surface area contributed by atoms with Gasteiger partial charge in [0.1, 0.15) is 0 Å². The largest absolute Gasteiger partial charge is 0.0689 e. The van der Waals surface area contributed by atoms with E-state index in [9.17, 15) is 0 Å². The summed E-state index contributed by atoms with van der Waals surface area (Å²) in [5.74, 6) is 1.96. The standard InChI is InChI=1S/C20H40Si/c1-19(2,3)15-9-11-17(13-15)21(7,8)18-12-10-16(14-18)20(4,5)6/h15-18H,9-14H2,1-8H3. The third-order valence-electron chi connectivity index (χ3n) is 7.42. The van der Waals surface area contributed by atoms with Crippen molar-refractivity contribution in [2.75, 3.05) is 0 Å². The molecule has 0 aromatic carbocycles. The van der Waals surface area contributed by atoms with Crippen LogP contribution in [0.1, 0.15) is 80.1 Å². The molecule has 0 aromatic heterocycles. The average molecular weight is 309 g/mol. The summed E-state index contributed by atoms with van der Waals surface area (Å²) in [4.78, 5) is 0. The zero-order valence-corrected chi connectivity index (χ0v) is 17.1. The Hall–Kier alpha value is 0.217. The second-order valence-electron chi connectivity index (χ2n) is 11.0. The van der Waals surface area contributed by atoms with Gasteiger partial charge in [0.05, 0.1) is 8.07 Å². The molecule has 2 fully saturated rings. The first-order valence-corrected chi connectivity index (χ1v) is 12.6. The Kier molecular flexibility index (Phi) is 4.76. The zero-order chi connectivity index (χ0) is 16.1. The molecule has 2 saturated carbocycles. The Morgan fingerprint density at radius 1 is 0.619 bits per heavy atom. The molecule has 2 aliphatic rings. The Morgan fingerprint density at radius 2 is 0.952 bits per heavy atom. The van der Waals surface area contributed by atoms with E-state index in [-0.39, 0.29) is 0 Å². The van der Waals surface area contributed by atoms with Gasteiger partial charge in [0, 0.05) is 0 Å². The van der Waals surface area contributed by atoms with Crippen molar-refractivity contribution >= 4 is 8.07 Å². The van der Waals surface area contributed by atoms with Gasteiger partial charge in [0.25, 0.3) is 0 Å². The van der Waals surface area contributed by atoms with Gasteiger partial charge in [-0.2, -0.15) is 0 Å². The summed E-state index contributed by atoms with van der Waals surface area (Å²) in [5.41, 5.74) is 3.27. The fourth-order valence-corrected chi connectivity index (χ4v) is 9.49. The molecule has 21 heavy (non-hydrogen) atoms. The van der Waals surface area contributed by atoms with Crippen LogP contribution >= 0.6 is 0 Å². The molecule has 0 spiro atoms. The molecule has 2 aliphatic carbocycles. The molecule has 0 bridgehead atoms. The van der Waals surface area contributed by atoms with E-state index < -0.39 is 8.07 Å². The van der Waals surface area contributed by atoms with Gasteiger partial charge in [-0.15, -0.1) is 0 Å². The lowest BCUT2D eigenvalue weighted by atomic mass is 9.80. The molecule has 2 rings (SSSR count). The normalized spacial score (nSPS) is 35.4. The van der Waals surface area contributed by atoms with Crippen LogP contribution < -0.4 is 0 Å². The predicted octanol–water partition coefficient (Wildman–Crippen LogP) is 7.13. The molecular weight excluding hydrogens is 268 g/mol. The maximum Gasteiger partial charge on any atom is 0.0536 e. The van der Waals surface area contributed by atoms with Crippen molar-refractivity contribution in [3.8, 4) is 0 Å². The highest BCUT2D eigenvalue weighted by atomic mass is 28.3. The molecule has 4 unspecified atom stereocenters. The van der Waals surface area contributed by atoms with E-state index in [0.717, 1.165) is 22.9 Å². The minimum atomic E-state index is -1.08. The molecule has 0 nitrogen and oxygen atoms in total. The van der Waals surface area contributed by atoms with Crippen molar-refractivity contribution < 1.29 is 0 Å². The third kappa shape index (κ3) is 3.76. The fraction of sp³-hybridized carbons (Fsp3) is 1.00. The SMILES string of the molecule is CC(C)(C)C1CCC([Si](C)(C)C2CCC(C(C)(C)C)C2)C1. The summed E-state index contributed by atoms with van der Waals surface area (Å²) in [6.07, 6.45) is 9.16. The van der Waals surface area contributed by atoms with Crippen molar-refractivity contribution in [1.82, 2.24) is 0 Å². The molecule has 0 N–H and O–H groups in total. The second kappa shape index (κ2) is 5.69. The number of hydrogen-bond donors (Lipinski definition) is 0. The van der Waals surface area contributed by atoms with E-state index in [1.54, 1.807) is 12.8 Å². The first kappa shape index (κ1) is 17.6. The van der Waals surface area contributed by atoms with E-state index in [2.05, 4.69) is 54.6 Å². The van der Waals surface area contributed by atoms with Crippen molar-refractivity contribution in [1.29, 1.82) is 0 Å². The Balaban J connectivity index is 2.00. The van der Waals surface area contributed by atoms with E-state index in [1.165, 1.54) is 25.7 Å². The second-order valence-corrected chi connectivity index (χ2v) is 16.2. The third-order valence-corrected chi connectivity index (χ3v) is 12.7. The smallest absolute Gasteiger partial charge is 0.0536 e. The molecule has 1 heteroatoms. The predicted molar refractivity (Wildman–Crippen MR) is 98.6 cm³/mol. The lowest BCUT2D eigenvalue weighted by Crippen LogP contribution is -2.37. The topological polar surface area (TPSA) is 0 Å². The lowest BCUT2D eigenvalue weighted by Gasteiger charge is -2.38. The van der Waals surface area contributed by atoms with Crippen LogP contribution in [0.4, 0.5) is 0 Å². The molecular formula is C20H40Si. The van der Waals surface area contributed by atoms with E-state index in [1.807, 2.05) is 0 Å². The molecule has 124 valence electrons. The summed E-state index contributed by atoms with van der Waals surface area (Å²) in [6, 6.07) is 0. The van der Waals surface area contributed by atoms with Crippen LogP contribution in [-0.2, 0) is 0 Å². The molecule has 0 amide bonds. The summed E-state index contributed by atoms with van der Waals surface area (Å²) in [6.45, 7) is 20.2. The van der Waals surface area contributed by atoms with E-state index >= 15 is 0 Å². The van der Waals surface area contributed by atoms with E-state index in [0.29, 0.717) is 10.8 Å². The van der Waals surface area contributed by atoms with Crippen LogP contribution in [0.25, 0.3) is 0 Å². The molecule has 0 radical (unpaired) electrons. The zero-order valence-electron chi connectivity index (χ0n) is 16.1. The van der Waals surface area contributed by atoms with Gasteiger partial charge in [-0.05, 0) is 59.4 Å². The summed E-state index contributed by atoms with van der Waals surface area (Å²) in [5, 5.41) is 0. The highest BCUT2D eigenvalue weighted by Crippen LogP contribution is 2.56. The van der Waals surface area contributed by atoms with Crippen molar-refractivity contribution in [3.63, 3.8) is 0 Å². The Morgan fingerprint density at radius 3 is 1.19 bits per heavy atom. The van der Waals surface area contributed by atoms with Gasteiger partial charge in [0.2, 0.25) is 0 Å². The van der Waals surface area contributed by atoms with Crippen LogP contribution in [0.3, 0.4) is 0 Å². The van der Waals surface area contributed by atoms with Crippen LogP contribution in [-0.4, -0.2) is 8.07 Å². The molecule has 0 aromatic rings. The average Bonchev–Trinajstić information content (AvgIpc) is 2.97. The molecule has 0 heterocycles. The van der Waals surface area contributed by atoms with Crippen LogP contribution in [0.5, 0.6) is 0 Å². The highest BCUT2D eigenvalue weighted by Gasteiger charge is 2.47. The minimum absolute atomic E-state index is 0.531. The van der Waals surface area contributed by atoms with Crippen LogP contribution in [0, 0.1) is 22.7 Å². The summed E-state index contributed by atoms with van der Waals surface area (Å²) in [7, 11) is -1.08. The van der Waals surface area contributed by atoms with Gasteiger partial charge in [-0.1, -0.05) is 67.5 Å². The molecule has 0 aliphatic heterocycles. The Labute approximate surface area is 135 Å². The quantitative estimate of drug-likeness (QED) is 0.476. The number of hydrogen-bond acceptors (Lipinski definition) is 0. The first-order chi connectivity index (χ1) is 9.42. The van der Waals surface area contributed by atoms with Gasteiger partial charge < -0.3 is 0 Å². The molecule has 4 atom stereocenters. The maximum atomic E-state index is 2.73. The number of rotatable bonds is 2. The highest BCUT2D eigenvalue weighted by molar-refractivity contribution is 6.80. The van der Waals surface area contributed by atoms with Gasteiger partial charge >= 0.3 is 0 Å². The first-order valence-electron chi connectivity index (χ1n) is 9.42. The van der Waals surface area contributed by atoms with Crippen molar-refractivity contribution in [2.24, 2.45) is 22.7 Å². The summed E-state index contributed by atoms with van der Waals surface area (Å²) < 4.78 is 0.